The zero-order valence-electron chi connectivity index (χ0n) is 16.5. The molecule has 0 bridgehead atoms. The first-order valence-corrected chi connectivity index (χ1v) is 9.70. The predicted octanol–water partition coefficient (Wildman–Crippen LogP) is 5.09. The minimum absolute atomic E-state index is 0. The number of morpholine rings is 1. The van der Waals surface area contributed by atoms with Gasteiger partial charge in [0.15, 0.2) is 0 Å². The first kappa shape index (κ1) is 19.3. The molecule has 0 unspecified atom stereocenters. The van der Waals surface area contributed by atoms with Gasteiger partial charge in [0.05, 0.1) is 19.3 Å². The van der Waals surface area contributed by atoms with E-state index in [4.69, 9.17) is 9.15 Å². The van der Waals surface area contributed by atoms with Gasteiger partial charge in [0.1, 0.15) is 17.2 Å². The molecule has 0 radical (unpaired) electrons. The number of rotatable bonds is 4. The van der Waals surface area contributed by atoms with Crippen molar-refractivity contribution in [3.63, 3.8) is 0 Å². The lowest BCUT2D eigenvalue weighted by Gasteiger charge is -2.28. The molecule has 2 aromatic carbocycles. The normalized spacial score (nSPS) is 15.3. The van der Waals surface area contributed by atoms with Crippen molar-refractivity contribution < 1.29 is 21.2 Å². The van der Waals surface area contributed by atoms with Crippen molar-refractivity contribution >= 4 is 28.4 Å². The van der Waals surface area contributed by atoms with Crippen molar-refractivity contribution in [1.82, 2.24) is 5.32 Å². The summed E-state index contributed by atoms with van der Waals surface area (Å²) >= 11 is 0. The van der Waals surface area contributed by atoms with Crippen molar-refractivity contribution in [2.24, 2.45) is 0 Å². The van der Waals surface area contributed by atoms with E-state index in [1.54, 1.807) is 6.07 Å². The smallest absolute Gasteiger partial charge is 0.319 e. The number of hydrogen-bond donors (Lipinski definition) is 2. The number of urea groups is 1. The first-order valence-electron chi connectivity index (χ1n) is 9.70. The van der Waals surface area contributed by atoms with Crippen LogP contribution in [0.2, 0.25) is 0 Å². The Labute approximate surface area is 171 Å². The number of nitrogens with one attached hydrogen (secondary N) is 2. The minimum atomic E-state index is -0.363. The molecule has 2 heterocycles. The molecule has 7 heteroatoms. The molecule has 4 rings (SSSR count). The largest absolute Gasteiger partial charge is 0.459 e. The molecule has 3 aromatic rings. The second-order valence-corrected chi connectivity index (χ2v) is 7.20. The van der Waals surface area contributed by atoms with E-state index in [1.807, 2.05) is 38.1 Å². The summed E-state index contributed by atoms with van der Waals surface area (Å²) in [5.41, 5.74) is 3.24. The van der Waals surface area contributed by atoms with Gasteiger partial charge in [-0.3, -0.25) is 0 Å². The molecule has 0 aliphatic carbocycles. The van der Waals surface area contributed by atoms with Crippen LogP contribution >= 0.6 is 0 Å². The number of aryl methyl sites for hydroxylation is 1. The average Bonchev–Trinajstić information content (AvgIpc) is 3.05. The maximum Gasteiger partial charge on any atom is 0.319 e. The van der Waals surface area contributed by atoms with Gasteiger partial charge in [-0.15, -0.1) is 0 Å². The highest BCUT2D eigenvalue weighted by molar-refractivity contribution is 5.90. The van der Waals surface area contributed by atoms with Gasteiger partial charge in [-0.2, -0.15) is 0 Å². The third kappa shape index (κ3) is 4.19. The molecular weight excluding hydrogens is 373 g/mol. The van der Waals surface area contributed by atoms with Crippen molar-refractivity contribution in [3.8, 4) is 0 Å². The van der Waals surface area contributed by atoms with Gasteiger partial charge in [0.25, 0.3) is 0 Å². The Kier molecular flexibility index (Phi) is 5.40. The molecule has 1 atom stereocenters. The monoisotopic (exact) mass is 401 g/mol. The molecule has 1 aliphatic heterocycles. The van der Waals surface area contributed by atoms with Crippen LogP contribution < -0.4 is 15.5 Å². The lowest BCUT2D eigenvalue weighted by Crippen LogP contribution is -2.36. The molecule has 1 saturated heterocycles. The molecule has 156 valence electrons. The van der Waals surface area contributed by atoms with Crippen LogP contribution in [0.1, 0.15) is 27.1 Å². The highest BCUT2D eigenvalue weighted by Crippen LogP contribution is 2.30. The van der Waals surface area contributed by atoms with E-state index in [2.05, 4.69) is 15.5 Å². The summed E-state index contributed by atoms with van der Waals surface area (Å²) < 4.78 is 24.7. The second-order valence-electron chi connectivity index (χ2n) is 7.20. The van der Waals surface area contributed by atoms with E-state index in [-0.39, 0.29) is 20.7 Å². The Hall–Kier alpha value is -3.06. The summed E-state index contributed by atoms with van der Waals surface area (Å²) in [6.07, 6.45) is 0. The zero-order valence-corrected chi connectivity index (χ0v) is 16.5. The molecule has 0 saturated carbocycles. The molecule has 6 nitrogen and oxygen atoms in total. The number of fused-ring (bicyclic) bond motifs is 1. The van der Waals surface area contributed by atoms with Crippen LogP contribution in [0.15, 0.2) is 46.9 Å². The topological polar surface area (TPSA) is 66.7 Å². The third-order valence-electron chi connectivity index (χ3n) is 5.18. The van der Waals surface area contributed by atoms with Crippen LogP contribution in [-0.4, -0.2) is 32.3 Å². The van der Waals surface area contributed by atoms with Gasteiger partial charge >= 0.3 is 6.03 Å². The predicted molar refractivity (Wildman–Crippen MR) is 115 cm³/mol. The number of carbonyl (C=O) groups is 1. The lowest BCUT2D eigenvalue weighted by molar-refractivity contribution is 0.122. The lowest BCUT2D eigenvalue weighted by atomic mass is 10.1. The number of furan rings is 1. The molecule has 1 fully saturated rings. The van der Waals surface area contributed by atoms with Gasteiger partial charge in [-0.25, -0.2) is 9.18 Å². The Bertz CT molecular complexity index is 1020. The molecular formula is C22H28FN3O3. The third-order valence-corrected chi connectivity index (χ3v) is 5.18. The number of hydrogen-bond acceptors (Lipinski definition) is 4. The fourth-order valence-corrected chi connectivity index (χ4v) is 3.63. The summed E-state index contributed by atoms with van der Waals surface area (Å²) in [6, 6.07) is 11.4. The Morgan fingerprint density at radius 2 is 1.90 bits per heavy atom. The van der Waals surface area contributed by atoms with E-state index in [0.29, 0.717) is 22.4 Å². The molecule has 0 spiro atoms. The zero-order chi connectivity index (χ0) is 20.4. The van der Waals surface area contributed by atoms with E-state index in [0.717, 1.165) is 37.6 Å². The van der Waals surface area contributed by atoms with Gasteiger partial charge in [0.2, 0.25) is 0 Å². The number of anilines is 2. The van der Waals surface area contributed by atoms with E-state index in [9.17, 15) is 9.18 Å². The van der Waals surface area contributed by atoms with Crippen LogP contribution in [0, 0.1) is 12.7 Å². The van der Waals surface area contributed by atoms with Crippen molar-refractivity contribution in [3.05, 3.63) is 59.6 Å². The highest BCUT2D eigenvalue weighted by Gasteiger charge is 2.19. The molecule has 1 aliphatic rings. The molecule has 2 N–H and O–H groups in total. The number of benzene rings is 2. The number of nitrogens with zero attached hydrogens (tertiary/aromatic N) is 1. The molecule has 29 heavy (non-hydrogen) atoms. The van der Waals surface area contributed by atoms with Crippen LogP contribution in [0.3, 0.4) is 0 Å². The van der Waals surface area contributed by atoms with E-state index in [1.165, 1.54) is 12.1 Å². The van der Waals surface area contributed by atoms with Crippen molar-refractivity contribution in [1.29, 1.82) is 0 Å². The van der Waals surface area contributed by atoms with Crippen LogP contribution in [0.25, 0.3) is 11.0 Å². The van der Waals surface area contributed by atoms with Gasteiger partial charge in [-0.1, -0.05) is 0 Å². The molecule has 2 amide bonds. The first-order chi connectivity index (χ1) is 14.0. The van der Waals surface area contributed by atoms with Gasteiger partial charge < -0.3 is 24.7 Å². The Balaban J connectivity index is 0.00000171. The fraction of sp³-hybridized carbons (Fsp3) is 0.318. The van der Waals surface area contributed by atoms with Crippen LogP contribution in [0.4, 0.5) is 20.6 Å². The van der Waals surface area contributed by atoms with E-state index >= 15 is 0 Å². The maximum absolute atomic E-state index is 13.5. The van der Waals surface area contributed by atoms with Crippen LogP contribution in [0.5, 0.6) is 0 Å². The van der Waals surface area contributed by atoms with Gasteiger partial charge in [0, 0.05) is 38.3 Å². The van der Waals surface area contributed by atoms with Crippen molar-refractivity contribution in [2.45, 2.75) is 19.9 Å². The SMILES string of the molecule is Cc1c([C@@H](C)NC(=O)Nc2ccc(N3CCOCC3)cc2)oc2ccc(F)cc12.[HH].[HH]. The van der Waals surface area contributed by atoms with Crippen molar-refractivity contribution in [2.75, 3.05) is 36.5 Å². The standard InChI is InChI=1S/C22H24FN3O3.2H2/c1-14-19-13-16(23)3-8-20(19)29-21(14)15(2)24-22(27)25-17-4-6-18(7-5-17)26-9-11-28-12-10-26;;/h3-8,13,15H,9-12H2,1-2H3,(H2,24,25,27);2*1H/t15-;;/m1../s1. The summed E-state index contributed by atoms with van der Waals surface area (Å²) in [5.74, 6) is 0.301. The molecule has 1 aromatic heterocycles. The minimum Gasteiger partial charge on any atom is -0.459 e. The summed E-state index contributed by atoms with van der Waals surface area (Å²) in [4.78, 5) is 14.7. The van der Waals surface area contributed by atoms with Gasteiger partial charge in [-0.05, 0) is 56.3 Å². The van der Waals surface area contributed by atoms with E-state index < -0.39 is 0 Å². The summed E-state index contributed by atoms with van der Waals surface area (Å²) in [7, 11) is 0. The Morgan fingerprint density at radius 3 is 2.62 bits per heavy atom. The second kappa shape index (κ2) is 8.13. The number of carbonyl (C=O) groups excluding carboxylic acids is 1. The average molecular weight is 401 g/mol. The Morgan fingerprint density at radius 1 is 1.17 bits per heavy atom. The maximum atomic E-state index is 13.5. The number of amides is 2. The number of halogens is 1. The quantitative estimate of drug-likeness (QED) is 0.639. The fourth-order valence-electron chi connectivity index (χ4n) is 3.63. The summed E-state index contributed by atoms with van der Waals surface area (Å²) in [6.45, 7) is 6.89. The van der Waals surface area contributed by atoms with Crippen LogP contribution in [-0.2, 0) is 4.74 Å². The highest BCUT2D eigenvalue weighted by atomic mass is 19.1. The number of ether oxygens (including phenoxy) is 1. The summed E-state index contributed by atoms with van der Waals surface area (Å²) in [5, 5.41) is 6.43.